The molecule has 5 heteroatoms. The van der Waals surface area contributed by atoms with Gasteiger partial charge in [0.1, 0.15) is 18.3 Å². The summed E-state index contributed by atoms with van der Waals surface area (Å²) in [6, 6.07) is 0. The van der Waals surface area contributed by atoms with E-state index in [0.717, 1.165) is 6.29 Å². The van der Waals surface area contributed by atoms with Gasteiger partial charge in [-0.05, 0) is 13.8 Å². The molecular formula is C9H14O5. The van der Waals surface area contributed by atoms with Crippen molar-refractivity contribution >= 4 is 6.29 Å². The third-order valence-electron chi connectivity index (χ3n) is 2.41. The zero-order chi connectivity index (χ0) is 10.3. The number of rotatable bonds is 2. The van der Waals surface area contributed by atoms with Crippen LogP contribution in [0.2, 0.25) is 0 Å². The van der Waals surface area contributed by atoms with Gasteiger partial charge in [-0.15, -0.1) is 0 Å². The molecule has 0 aromatic heterocycles. The molecule has 14 heavy (non-hydrogen) atoms. The molecule has 0 radical (unpaired) electrons. The molecule has 2 aliphatic heterocycles. The summed E-state index contributed by atoms with van der Waals surface area (Å²) in [6.45, 7) is 3.61. The highest BCUT2D eigenvalue weighted by Gasteiger charge is 2.55. The van der Waals surface area contributed by atoms with Gasteiger partial charge >= 0.3 is 0 Å². The van der Waals surface area contributed by atoms with E-state index in [-0.39, 0.29) is 12.2 Å². The van der Waals surface area contributed by atoms with Crippen LogP contribution >= 0.6 is 0 Å². The fourth-order valence-corrected chi connectivity index (χ4v) is 1.89. The second-order valence-electron chi connectivity index (χ2n) is 3.91. The van der Waals surface area contributed by atoms with Crippen LogP contribution < -0.4 is 0 Å². The maximum atomic E-state index is 10.7. The van der Waals surface area contributed by atoms with E-state index in [9.17, 15) is 4.79 Å². The summed E-state index contributed by atoms with van der Waals surface area (Å²) in [6.07, 6.45) is -1.05. The number of fused-ring (bicyclic) bond motifs is 1. The van der Waals surface area contributed by atoms with Crippen LogP contribution in [0.5, 0.6) is 0 Å². The van der Waals surface area contributed by atoms with Gasteiger partial charge in [0.15, 0.2) is 18.4 Å². The molecule has 2 fully saturated rings. The molecule has 2 rings (SSSR count). The van der Waals surface area contributed by atoms with Crippen LogP contribution in [0, 0.1) is 0 Å². The molecule has 2 heterocycles. The van der Waals surface area contributed by atoms with Gasteiger partial charge in [-0.1, -0.05) is 0 Å². The van der Waals surface area contributed by atoms with E-state index in [2.05, 4.69) is 0 Å². The molecule has 0 amide bonds. The zero-order valence-corrected chi connectivity index (χ0v) is 8.43. The number of ether oxygens (including phenoxy) is 4. The van der Waals surface area contributed by atoms with E-state index >= 15 is 0 Å². The molecule has 0 bridgehead atoms. The molecule has 2 saturated heterocycles. The Balaban J connectivity index is 2.16. The van der Waals surface area contributed by atoms with E-state index in [1.807, 2.05) is 0 Å². The van der Waals surface area contributed by atoms with Crippen molar-refractivity contribution in [2.45, 2.75) is 44.2 Å². The lowest BCUT2D eigenvalue weighted by Gasteiger charge is -2.21. The Morgan fingerprint density at radius 3 is 2.50 bits per heavy atom. The first kappa shape index (κ1) is 10.0. The quantitative estimate of drug-likeness (QED) is 0.593. The Kier molecular flexibility index (Phi) is 2.35. The summed E-state index contributed by atoms with van der Waals surface area (Å²) in [7, 11) is 1.52. The minimum Gasteiger partial charge on any atom is -0.353 e. The van der Waals surface area contributed by atoms with Gasteiger partial charge in [0.25, 0.3) is 0 Å². The summed E-state index contributed by atoms with van der Waals surface area (Å²) in [4.78, 5) is 10.7. The van der Waals surface area contributed by atoms with Gasteiger partial charge in [-0.3, -0.25) is 0 Å². The summed E-state index contributed by atoms with van der Waals surface area (Å²) < 4.78 is 21.5. The third kappa shape index (κ3) is 1.46. The fraction of sp³-hybridized carbons (Fsp3) is 0.889. The Labute approximate surface area is 82.3 Å². The molecule has 0 saturated carbocycles. The van der Waals surface area contributed by atoms with Gasteiger partial charge in [0, 0.05) is 7.11 Å². The molecular weight excluding hydrogens is 188 g/mol. The minimum absolute atomic E-state index is 0.315. The lowest BCUT2D eigenvalue weighted by molar-refractivity contribution is -0.223. The van der Waals surface area contributed by atoms with Crippen LogP contribution in [-0.2, 0) is 23.7 Å². The molecule has 0 aromatic carbocycles. The molecule has 0 aliphatic carbocycles. The van der Waals surface area contributed by atoms with Crippen LogP contribution in [0.1, 0.15) is 13.8 Å². The fourth-order valence-electron chi connectivity index (χ4n) is 1.89. The predicted octanol–water partition coefficient (Wildman–Crippen LogP) is 0.0767. The van der Waals surface area contributed by atoms with Gasteiger partial charge in [0.2, 0.25) is 0 Å². The van der Waals surface area contributed by atoms with Gasteiger partial charge < -0.3 is 23.7 Å². The van der Waals surface area contributed by atoms with Crippen molar-refractivity contribution in [3.63, 3.8) is 0 Å². The highest BCUT2D eigenvalue weighted by molar-refractivity contribution is 5.58. The predicted molar refractivity (Wildman–Crippen MR) is 45.6 cm³/mol. The van der Waals surface area contributed by atoms with Gasteiger partial charge in [0.05, 0.1) is 0 Å². The van der Waals surface area contributed by atoms with Crippen LogP contribution in [0.4, 0.5) is 0 Å². The highest BCUT2D eigenvalue weighted by atomic mass is 16.8. The van der Waals surface area contributed by atoms with E-state index in [1.165, 1.54) is 7.11 Å². The Bertz CT molecular complexity index is 239. The van der Waals surface area contributed by atoms with Crippen LogP contribution in [-0.4, -0.2) is 43.8 Å². The second kappa shape index (κ2) is 3.27. The lowest BCUT2D eigenvalue weighted by atomic mass is 10.1. The molecule has 5 nitrogen and oxygen atoms in total. The summed E-state index contributed by atoms with van der Waals surface area (Å²) in [5.41, 5.74) is 0. The number of aldehydes is 1. The van der Waals surface area contributed by atoms with E-state index in [1.54, 1.807) is 13.8 Å². The number of carbonyl (C=O) groups excluding carboxylic acids is 1. The topological polar surface area (TPSA) is 54.0 Å². The molecule has 4 atom stereocenters. The number of methoxy groups -OCH3 is 1. The molecule has 0 spiro atoms. The van der Waals surface area contributed by atoms with E-state index < -0.39 is 18.2 Å². The standard InChI is InChI=1S/C9H14O5/c1-9(2)13-6-5(4-10)12-8(11-3)7(6)14-9/h4-8H,1-3H3/t5-,6-,7-,8?/m0/s1. The maximum Gasteiger partial charge on any atom is 0.187 e. The highest BCUT2D eigenvalue weighted by Crippen LogP contribution is 2.38. The monoisotopic (exact) mass is 202 g/mol. The first-order chi connectivity index (χ1) is 6.57. The van der Waals surface area contributed by atoms with E-state index in [4.69, 9.17) is 18.9 Å². The number of hydrogen-bond donors (Lipinski definition) is 0. The zero-order valence-electron chi connectivity index (χ0n) is 8.43. The Hall–Kier alpha value is -0.490. The van der Waals surface area contributed by atoms with Crippen molar-refractivity contribution in [3.8, 4) is 0 Å². The van der Waals surface area contributed by atoms with Crippen LogP contribution in [0.15, 0.2) is 0 Å². The van der Waals surface area contributed by atoms with Crippen molar-refractivity contribution in [1.29, 1.82) is 0 Å². The van der Waals surface area contributed by atoms with Crippen LogP contribution in [0.25, 0.3) is 0 Å². The molecule has 2 aliphatic rings. The smallest absolute Gasteiger partial charge is 0.187 e. The maximum absolute atomic E-state index is 10.7. The average Bonchev–Trinajstić information content (AvgIpc) is 2.57. The van der Waals surface area contributed by atoms with Gasteiger partial charge in [-0.25, -0.2) is 0 Å². The summed E-state index contributed by atoms with van der Waals surface area (Å²) in [5.74, 6) is -0.669. The average molecular weight is 202 g/mol. The summed E-state index contributed by atoms with van der Waals surface area (Å²) in [5, 5.41) is 0. The van der Waals surface area contributed by atoms with Crippen molar-refractivity contribution in [2.75, 3.05) is 7.11 Å². The van der Waals surface area contributed by atoms with Gasteiger partial charge in [-0.2, -0.15) is 0 Å². The first-order valence-electron chi connectivity index (χ1n) is 4.56. The lowest BCUT2D eigenvalue weighted by Crippen LogP contribution is -2.30. The molecule has 0 N–H and O–H groups in total. The number of carbonyl (C=O) groups is 1. The van der Waals surface area contributed by atoms with Crippen molar-refractivity contribution in [3.05, 3.63) is 0 Å². The molecule has 0 aromatic rings. The van der Waals surface area contributed by atoms with Crippen molar-refractivity contribution < 1.29 is 23.7 Å². The summed E-state index contributed by atoms with van der Waals surface area (Å²) >= 11 is 0. The Morgan fingerprint density at radius 2 is 1.93 bits per heavy atom. The minimum atomic E-state index is -0.669. The largest absolute Gasteiger partial charge is 0.353 e. The van der Waals surface area contributed by atoms with Crippen LogP contribution in [0.3, 0.4) is 0 Å². The molecule has 80 valence electrons. The first-order valence-corrected chi connectivity index (χ1v) is 4.56. The Morgan fingerprint density at radius 1 is 1.29 bits per heavy atom. The normalized spacial score (nSPS) is 45.1. The van der Waals surface area contributed by atoms with Crippen molar-refractivity contribution in [2.24, 2.45) is 0 Å². The second-order valence-corrected chi connectivity index (χ2v) is 3.91. The third-order valence-corrected chi connectivity index (χ3v) is 2.41. The molecule has 1 unspecified atom stereocenters. The van der Waals surface area contributed by atoms with E-state index in [0.29, 0.717) is 0 Å². The van der Waals surface area contributed by atoms with Crippen molar-refractivity contribution in [1.82, 2.24) is 0 Å². The SMILES string of the molecule is COC1O[C@@H](C=O)[C@@H]2OC(C)(C)O[C@H]12. The number of hydrogen-bond acceptors (Lipinski definition) is 5.